The first-order valence-corrected chi connectivity index (χ1v) is 9.80. The molecule has 2 atom stereocenters. The summed E-state index contributed by atoms with van der Waals surface area (Å²) in [5.74, 6) is -0.460. The van der Waals surface area contributed by atoms with E-state index >= 15 is 0 Å². The van der Waals surface area contributed by atoms with Crippen molar-refractivity contribution in [1.82, 2.24) is 5.32 Å². The van der Waals surface area contributed by atoms with Crippen molar-refractivity contribution in [1.29, 1.82) is 0 Å². The molecule has 0 spiro atoms. The summed E-state index contributed by atoms with van der Waals surface area (Å²) in [6.07, 6.45) is 16.6. The lowest BCUT2D eigenvalue weighted by Crippen LogP contribution is -2.33. The highest BCUT2D eigenvalue weighted by Crippen LogP contribution is 2.24. The predicted octanol–water partition coefficient (Wildman–Crippen LogP) is 6.07. The minimum absolute atomic E-state index is 0.171. The third-order valence-electron chi connectivity index (χ3n) is 4.88. The van der Waals surface area contributed by atoms with Crippen LogP contribution in [-0.2, 0) is 4.79 Å². The van der Waals surface area contributed by atoms with E-state index in [-0.39, 0.29) is 6.04 Å². The summed E-state index contributed by atoms with van der Waals surface area (Å²) in [7, 11) is 0. The quantitative estimate of drug-likeness (QED) is 0.342. The SMILES string of the molecule is CCCCCCCCCCC/C=C(\F)C(=O)N[C@@H]1CC[C@H](C)C1. The maximum Gasteiger partial charge on any atom is 0.279 e. The van der Waals surface area contributed by atoms with Crippen molar-refractivity contribution in [2.24, 2.45) is 5.92 Å². The summed E-state index contributed by atoms with van der Waals surface area (Å²) in [6.45, 7) is 4.42. The van der Waals surface area contributed by atoms with Gasteiger partial charge in [-0.3, -0.25) is 4.79 Å². The third kappa shape index (κ3) is 9.78. The number of hydrogen-bond acceptors (Lipinski definition) is 1. The van der Waals surface area contributed by atoms with Crippen LogP contribution in [0, 0.1) is 5.92 Å². The maximum atomic E-state index is 13.7. The van der Waals surface area contributed by atoms with Gasteiger partial charge in [-0.1, -0.05) is 65.2 Å². The van der Waals surface area contributed by atoms with Gasteiger partial charge in [0.2, 0.25) is 0 Å². The summed E-state index contributed by atoms with van der Waals surface area (Å²) in [5, 5.41) is 2.81. The molecule has 1 rings (SSSR count). The molecule has 1 N–H and O–H groups in total. The zero-order valence-corrected chi connectivity index (χ0v) is 15.2. The van der Waals surface area contributed by atoms with Gasteiger partial charge in [0.1, 0.15) is 0 Å². The molecule has 134 valence electrons. The second-order valence-corrected chi connectivity index (χ2v) is 7.26. The lowest BCUT2D eigenvalue weighted by atomic mass is 10.1. The number of carbonyl (C=O) groups excluding carboxylic acids is 1. The standard InChI is InChI=1S/C20H36FNO/c1-3-4-5-6-7-8-9-10-11-12-13-19(21)20(23)22-18-15-14-17(2)16-18/h13,17-18H,3-12,14-16H2,1-2H3,(H,22,23)/b19-13-/t17-,18+/m0/s1. The number of amides is 1. The molecule has 0 aromatic heterocycles. The van der Waals surface area contributed by atoms with E-state index in [0.29, 0.717) is 12.3 Å². The molecule has 23 heavy (non-hydrogen) atoms. The van der Waals surface area contributed by atoms with Crippen LogP contribution in [0.15, 0.2) is 11.9 Å². The molecule has 0 saturated heterocycles. The van der Waals surface area contributed by atoms with Crippen LogP contribution in [0.3, 0.4) is 0 Å². The summed E-state index contributed by atoms with van der Waals surface area (Å²) < 4.78 is 13.7. The fourth-order valence-corrected chi connectivity index (χ4v) is 3.37. The molecule has 0 heterocycles. The van der Waals surface area contributed by atoms with Crippen LogP contribution >= 0.6 is 0 Å². The van der Waals surface area contributed by atoms with Crippen molar-refractivity contribution < 1.29 is 9.18 Å². The Hall–Kier alpha value is -0.860. The number of hydrogen-bond donors (Lipinski definition) is 1. The minimum Gasteiger partial charge on any atom is -0.347 e. The Morgan fingerprint density at radius 3 is 2.22 bits per heavy atom. The Balaban J connectivity index is 1.99. The van der Waals surface area contributed by atoms with E-state index in [1.54, 1.807) is 0 Å². The molecular weight excluding hydrogens is 289 g/mol. The van der Waals surface area contributed by atoms with Gasteiger partial charge in [-0.25, -0.2) is 4.39 Å². The molecule has 0 aromatic rings. The first-order chi connectivity index (χ1) is 11.1. The largest absolute Gasteiger partial charge is 0.347 e. The summed E-state index contributed by atoms with van der Waals surface area (Å²) in [4.78, 5) is 11.7. The van der Waals surface area contributed by atoms with Crippen LogP contribution in [0.2, 0.25) is 0 Å². The smallest absolute Gasteiger partial charge is 0.279 e. The first-order valence-electron chi connectivity index (χ1n) is 9.80. The minimum atomic E-state index is -0.593. The van der Waals surface area contributed by atoms with Gasteiger partial charge in [-0.2, -0.15) is 0 Å². The summed E-state index contributed by atoms with van der Waals surface area (Å²) in [6, 6.07) is 0.171. The molecule has 0 bridgehead atoms. The highest BCUT2D eigenvalue weighted by molar-refractivity contribution is 5.91. The van der Waals surface area contributed by atoms with Crippen molar-refractivity contribution in [2.75, 3.05) is 0 Å². The molecule has 1 saturated carbocycles. The Bertz CT molecular complexity index is 354. The fraction of sp³-hybridized carbons (Fsp3) is 0.850. The molecule has 0 aliphatic heterocycles. The van der Waals surface area contributed by atoms with Crippen LogP contribution in [0.25, 0.3) is 0 Å². The highest BCUT2D eigenvalue weighted by Gasteiger charge is 2.23. The molecule has 1 aliphatic rings. The average Bonchev–Trinajstić information content (AvgIpc) is 2.94. The molecular formula is C20H36FNO. The number of allylic oxidation sites excluding steroid dienone is 1. The molecule has 0 aromatic carbocycles. The number of nitrogens with one attached hydrogen (secondary N) is 1. The van der Waals surface area contributed by atoms with Crippen molar-refractivity contribution >= 4 is 5.91 Å². The monoisotopic (exact) mass is 325 g/mol. The van der Waals surface area contributed by atoms with Crippen molar-refractivity contribution in [3.8, 4) is 0 Å². The number of rotatable bonds is 12. The highest BCUT2D eigenvalue weighted by atomic mass is 19.1. The van der Waals surface area contributed by atoms with E-state index in [4.69, 9.17) is 0 Å². The van der Waals surface area contributed by atoms with Gasteiger partial charge in [0.25, 0.3) is 5.91 Å². The van der Waals surface area contributed by atoms with Gasteiger partial charge in [-0.05, 0) is 44.1 Å². The molecule has 0 radical (unpaired) electrons. The Morgan fingerprint density at radius 2 is 1.65 bits per heavy atom. The second-order valence-electron chi connectivity index (χ2n) is 7.26. The second kappa shape index (κ2) is 12.5. The zero-order valence-electron chi connectivity index (χ0n) is 15.2. The van der Waals surface area contributed by atoms with Gasteiger partial charge in [0.15, 0.2) is 5.83 Å². The van der Waals surface area contributed by atoms with Gasteiger partial charge in [0, 0.05) is 6.04 Å². The van der Waals surface area contributed by atoms with Crippen molar-refractivity contribution in [3.05, 3.63) is 11.9 Å². The van der Waals surface area contributed by atoms with E-state index in [1.165, 1.54) is 51.0 Å². The Labute approximate surface area is 142 Å². The Morgan fingerprint density at radius 1 is 1.04 bits per heavy atom. The predicted molar refractivity (Wildman–Crippen MR) is 96.0 cm³/mol. The molecule has 2 nitrogen and oxygen atoms in total. The van der Waals surface area contributed by atoms with E-state index in [0.717, 1.165) is 32.1 Å². The van der Waals surface area contributed by atoms with Gasteiger partial charge >= 0.3 is 0 Å². The molecule has 0 unspecified atom stereocenters. The third-order valence-corrected chi connectivity index (χ3v) is 4.88. The van der Waals surface area contributed by atoms with Gasteiger partial charge < -0.3 is 5.32 Å². The van der Waals surface area contributed by atoms with E-state index in [1.807, 2.05) is 0 Å². The van der Waals surface area contributed by atoms with Crippen LogP contribution in [0.1, 0.15) is 97.3 Å². The molecule has 1 amide bonds. The van der Waals surface area contributed by atoms with Crippen LogP contribution in [0.4, 0.5) is 4.39 Å². The summed E-state index contributed by atoms with van der Waals surface area (Å²) in [5.41, 5.74) is 0. The molecule has 1 aliphatic carbocycles. The first kappa shape index (κ1) is 20.2. The molecule has 3 heteroatoms. The zero-order chi connectivity index (χ0) is 16.9. The fourth-order valence-electron chi connectivity index (χ4n) is 3.37. The number of halogens is 1. The van der Waals surface area contributed by atoms with Crippen LogP contribution in [0.5, 0.6) is 0 Å². The number of carbonyl (C=O) groups is 1. The van der Waals surface area contributed by atoms with Crippen LogP contribution in [-0.4, -0.2) is 11.9 Å². The average molecular weight is 326 g/mol. The lowest BCUT2D eigenvalue weighted by Gasteiger charge is -2.11. The summed E-state index contributed by atoms with van der Waals surface area (Å²) >= 11 is 0. The lowest BCUT2D eigenvalue weighted by molar-refractivity contribution is -0.119. The van der Waals surface area contributed by atoms with Gasteiger partial charge in [0.05, 0.1) is 0 Å². The normalized spacial score (nSPS) is 21.6. The van der Waals surface area contributed by atoms with Crippen LogP contribution < -0.4 is 5.32 Å². The Kier molecular flexibility index (Phi) is 11.0. The van der Waals surface area contributed by atoms with Crippen molar-refractivity contribution in [2.45, 2.75) is 103 Å². The van der Waals surface area contributed by atoms with E-state index < -0.39 is 11.7 Å². The molecule has 1 fully saturated rings. The van der Waals surface area contributed by atoms with Crippen molar-refractivity contribution in [3.63, 3.8) is 0 Å². The topological polar surface area (TPSA) is 29.1 Å². The van der Waals surface area contributed by atoms with E-state index in [9.17, 15) is 9.18 Å². The van der Waals surface area contributed by atoms with E-state index in [2.05, 4.69) is 19.2 Å². The number of unbranched alkanes of at least 4 members (excludes halogenated alkanes) is 9. The maximum absolute atomic E-state index is 13.7. The van der Waals surface area contributed by atoms with Gasteiger partial charge in [-0.15, -0.1) is 0 Å².